The average molecular weight is 275 g/mol. The minimum atomic E-state index is -0.515. The Bertz CT molecular complexity index is 482. The summed E-state index contributed by atoms with van der Waals surface area (Å²) in [4.78, 5) is 12.0. The molecule has 20 heavy (non-hydrogen) atoms. The first-order chi connectivity index (χ1) is 9.74. The van der Waals surface area contributed by atoms with Gasteiger partial charge in [-0.1, -0.05) is 24.3 Å². The van der Waals surface area contributed by atoms with Crippen LogP contribution in [-0.2, 0) is 16.0 Å². The number of benzene rings is 1. The molecule has 0 aromatic heterocycles. The Morgan fingerprint density at radius 2 is 2.25 bits per heavy atom. The van der Waals surface area contributed by atoms with Gasteiger partial charge >= 0.3 is 0 Å². The fraction of sp³-hybridized carbons (Fsp3) is 0.562. The number of nitrogens with one attached hydrogen (secondary N) is 1. The highest BCUT2D eigenvalue weighted by Crippen LogP contribution is 2.31. The third kappa shape index (κ3) is 2.86. The summed E-state index contributed by atoms with van der Waals surface area (Å²) in [6.07, 6.45) is 3.74. The van der Waals surface area contributed by atoms with E-state index in [1.165, 1.54) is 0 Å². The van der Waals surface area contributed by atoms with Crippen LogP contribution in [0.3, 0.4) is 0 Å². The molecule has 4 heteroatoms. The number of carbonyl (C=O) groups excluding carboxylic acids is 1. The topological polar surface area (TPSA) is 58.6 Å². The van der Waals surface area contributed by atoms with Crippen molar-refractivity contribution in [2.45, 2.75) is 50.4 Å². The van der Waals surface area contributed by atoms with E-state index in [2.05, 4.69) is 5.32 Å². The molecule has 1 unspecified atom stereocenters. The van der Waals surface area contributed by atoms with E-state index in [9.17, 15) is 9.90 Å². The highest BCUT2D eigenvalue weighted by Gasteiger charge is 2.31. The van der Waals surface area contributed by atoms with E-state index in [1.54, 1.807) is 0 Å². The van der Waals surface area contributed by atoms with Gasteiger partial charge in [0.15, 0.2) is 0 Å². The van der Waals surface area contributed by atoms with Gasteiger partial charge in [-0.3, -0.25) is 4.79 Å². The molecule has 1 saturated heterocycles. The van der Waals surface area contributed by atoms with Gasteiger partial charge in [0, 0.05) is 19.4 Å². The van der Waals surface area contributed by atoms with E-state index in [0.29, 0.717) is 12.8 Å². The monoisotopic (exact) mass is 275 g/mol. The van der Waals surface area contributed by atoms with Gasteiger partial charge < -0.3 is 15.2 Å². The minimum absolute atomic E-state index is 0.00116. The molecule has 1 heterocycles. The van der Waals surface area contributed by atoms with Crippen LogP contribution in [0.25, 0.3) is 0 Å². The lowest BCUT2D eigenvalue weighted by molar-refractivity contribution is -0.123. The van der Waals surface area contributed by atoms with Crippen LogP contribution in [0.15, 0.2) is 24.3 Å². The molecule has 1 fully saturated rings. The molecule has 1 aliphatic heterocycles. The van der Waals surface area contributed by atoms with E-state index in [0.717, 1.165) is 37.0 Å². The van der Waals surface area contributed by atoms with E-state index >= 15 is 0 Å². The first-order valence-corrected chi connectivity index (χ1v) is 7.41. The molecular weight excluding hydrogens is 254 g/mol. The number of aliphatic hydroxyl groups excluding tert-OH is 1. The first-order valence-electron chi connectivity index (χ1n) is 7.41. The molecule has 4 nitrogen and oxygen atoms in total. The lowest BCUT2D eigenvalue weighted by Crippen LogP contribution is -2.34. The number of amides is 1. The number of aliphatic hydroxyl groups is 1. The normalized spacial score (nSPS) is 28.4. The highest BCUT2D eigenvalue weighted by atomic mass is 16.5. The van der Waals surface area contributed by atoms with Crippen LogP contribution in [0.1, 0.15) is 42.9 Å². The molecular formula is C16H21NO3. The molecule has 1 aliphatic carbocycles. The van der Waals surface area contributed by atoms with E-state index in [4.69, 9.17) is 4.74 Å². The zero-order valence-corrected chi connectivity index (χ0v) is 11.5. The summed E-state index contributed by atoms with van der Waals surface area (Å²) in [5.74, 6) is 0.00116. The van der Waals surface area contributed by atoms with E-state index in [-0.39, 0.29) is 18.1 Å². The maximum atomic E-state index is 12.0. The smallest absolute Gasteiger partial charge is 0.220 e. The van der Waals surface area contributed by atoms with Crippen molar-refractivity contribution in [2.24, 2.45) is 0 Å². The zero-order valence-electron chi connectivity index (χ0n) is 11.5. The number of hydrogen-bond acceptors (Lipinski definition) is 3. The first kappa shape index (κ1) is 13.6. The van der Waals surface area contributed by atoms with Gasteiger partial charge in [-0.2, -0.15) is 0 Å². The van der Waals surface area contributed by atoms with Crippen LogP contribution < -0.4 is 5.32 Å². The number of carbonyl (C=O) groups is 1. The molecule has 0 radical (unpaired) electrons. The van der Waals surface area contributed by atoms with Gasteiger partial charge in [-0.15, -0.1) is 0 Å². The van der Waals surface area contributed by atoms with Gasteiger partial charge in [-0.25, -0.2) is 0 Å². The summed E-state index contributed by atoms with van der Waals surface area (Å²) in [5, 5.41) is 13.1. The number of rotatable bonds is 4. The van der Waals surface area contributed by atoms with Crippen LogP contribution in [0.2, 0.25) is 0 Å². The molecule has 1 amide bonds. The summed E-state index contributed by atoms with van der Waals surface area (Å²) in [6.45, 7) is 0.820. The Labute approximate surface area is 119 Å². The van der Waals surface area contributed by atoms with Gasteiger partial charge in [0.25, 0.3) is 0 Å². The fourth-order valence-electron chi connectivity index (χ4n) is 3.16. The zero-order chi connectivity index (χ0) is 13.9. The standard InChI is InChI=1S/C16H21NO3/c18-14-10-11-4-1-2-6-13(11)16(14)17-15(19)8-7-12-5-3-9-20-12/h1-2,4,6,12,14,16,18H,3,5,7-10H2,(H,17,19)/t12?,14-,16+/m0/s1. The van der Waals surface area contributed by atoms with Crippen molar-refractivity contribution < 1.29 is 14.6 Å². The van der Waals surface area contributed by atoms with Crippen molar-refractivity contribution >= 4 is 5.91 Å². The Hall–Kier alpha value is -1.39. The maximum Gasteiger partial charge on any atom is 0.220 e. The van der Waals surface area contributed by atoms with Gasteiger partial charge in [0.1, 0.15) is 0 Å². The predicted molar refractivity (Wildman–Crippen MR) is 75.2 cm³/mol. The Kier molecular flexibility index (Phi) is 4.03. The molecule has 3 atom stereocenters. The lowest BCUT2D eigenvalue weighted by atomic mass is 10.1. The summed E-state index contributed by atoms with van der Waals surface area (Å²) >= 11 is 0. The van der Waals surface area contributed by atoms with Crippen LogP contribution in [0.5, 0.6) is 0 Å². The van der Waals surface area contributed by atoms with Crippen LogP contribution in [0.4, 0.5) is 0 Å². The molecule has 2 N–H and O–H groups in total. The third-order valence-corrected chi connectivity index (χ3v) is 4.24. The van der Waals surface area contributed by atoms with Crippen LogP contribution >= 0.6 is 0 Å². The molecule has 0 bridgehead atoms. The average Bonchev–Trinajstić information content (AvgIpc) is 3.06. The second-order valence-electron chi connectivity index (χ2n) is 5.69. The molecule has 3 rings (SSSR count). The second-order valence-corrected chi connectivity index (χ2v) is 5.69. The molecule has 2 aliphatic rings. The third-order valence-electron chi connectivity index (χ3n) is 4.24. The number of fused-ring (bicyclic) bond motifs is 1. The fourth-order valence-corrected chi connectivity index (χ4v) is 3.16. The molecule has 1 aromatic rings. The highest BCUT2D eigenvalue weighted by molar-refractivity contribution is 5.76. The molecule has 0 spiro atoms. The van der Waals surface area contributed by atoms with Crippen LogP contribution in [-0.4, -0.2) is 29.8 Å². The Morgan fingerprint density at radius 1 is 1.40 bits per heavy atom. The van der Waals surface area contributed by atoms with Gasteiger partial charge in [-0.05, 0) is 30.4 Å². The Morgan fingerprint density at radius 3 is 3.05 bits per heavy atom. The van der Waals surface area contributed by atoms with Crippen molar-refractivity contribution in [3.8, 4) is 0 Å². The summed E-state index contributed by atoms with van der Waals surface area (Å²) in [6, 6.07) is 7.65. The van der Waals surface area contributed by atoms with Crippen molar-refractivity contribution in [2.75, 3.05) is 6.61 Å². The van der Waals surface area contributed by atoms with E-state index in [1.807, 2.05) is 24.3 Å². The van der Waals surface area contributed by atoms with Crippen LogP contribution in [0, 0.1) is 0 Å². The van der Waals surface area contributed by atoms with Crippen molar-refractivity contribution in [1.29, 1.82) is 0 Å². The summed E-state index contributed by atoms with van der Waals surface area (Å²) < 4.78 is 5.52. The van der Waals surface area contributed by atoms with Crippen molar-refractivity contribution in [3.63, 3.8) is 0 Å². The number of ether oxygens (including phenoxy) is 1. The van der Waals surface area contributed by atoms with E-state index < -0.39 is 6.10 Å². The SMILES string of the molecule is O=C(CCC1CCCO1)N[C@@H]1c2ccccc2C[C@@H]1O. The lowest BCUT2D eigenvalue weighted by Gasteiger charge is -2.18. The summed E-state index contributed by atoms with van der Waals surface area (Å²) in [7, 11) is 0. The predicted octanol–water partition coefficient (Wildman–Crippen LogP) is 1.72. The molecule has 108 valence electrons. The quantitative estimate of drug-likeness (QED) is 0.879. The molecule has 0 saturated carbocycles. The minimum Gasteiger partial charge on any atom is -0.390 e. The Balaban J connectivity index is 1.55. The van der Waals surface area contributed by atoms with Gasteiger partial charge in [0.2, 0.25) is 5.91 Å². The second kappa shape index (κ2) is 5.94. The summed E-state index contributed by atoms with van der Waals surface area (Å²) in [5.41, 5.74) is 2.18. The number of hydrogen-bond donors (Lipinski definition) is 2. The largest absolute Gasteiger partial charge is 0.390 e. The van der Waals surface area contributed by atoms with Gasteiger partial charge in [0.05, 0.1) is 18.2 Å². The van der Waals surface area contributed by atoms with Crippen molar-refractivity contribution in [3.05, 3.63) is 35.4 Å². The molecule has 1 aromatic carbocycles. The maximum absolute atomic E-state index is 12.0. The van der Waals surface area contributed by atoms with Crippen molar-refractivity contribution in [1.82, 2.24) is 5.32 Å².